The summed E-state index contributed by atoms with van der Waals surface area (Å²) in [7, 11) is 0. The van der Waals surface area contributed by atoms with Crippen LogP contribution in [0.1, 0.15) is 0 Å². The lowest BCUT2D eigenvalue weighted by molar-refractivity contribution is 1.12. The van der Waals surface area contributed by atoms with E-state index in [-0.39, 0.29) is 5.28 Å². The fourth-order valence-corrected chi connectivity index (χ4v) is 3.03. The van der Waals surface area contributed by atoms with E-state index in [1.807, 2.05) is 36.5 Å². The van der Waals surface area contributed by atoms with E-state index in [4.69, 9.17) is 23.2 Å². The fourth-order valence-electron chi connectivity index (χ4n) is 2.71. The molecule has 0 N–H and O–H groups in total. The molecule has 0 amide bonds. The number of hydrogen-bond donors (Lipinski definition) is 0. The number of benzene rings is 2. The van der Waals surface area contributed by atoms with Gasteiger partial charge in [0.2, 0.25) is 5.28 Å². The fraction of sp³-hybridized carbons (Fsp3) is 0. The molecule has 0 aliphatic heterocycles. The van der Waals surface area contributed by atoms with Crippen LogP contribution in [0.2, 0.25) is 10.3 Å². The Kier molecular flexibility index (Phi) is 3.52. The van der Waals surface area contributed by atoms with E-state index in [1.54, 1.807) is 0 Å². The van der Waals surface area contributed by atoms with Gasteiger partial charge in [-0.25, -0.2) is 9.97 Å². The molecule has 0 aliphatic rings. The zero-order chi connectivity index (χ0) is 15.8. The van der Waals surface area contributed by atoms with Crippen molar-refractivity contribution in [3.63, 3.8) is 0 Å². The van der Waals surface area contributed by atoms with E-state index in [9.17, 15) is 0 Å². The summed E-state index contributed by atoms with van der Waals surface area (Å²) in [5.41, 5.74) is 3.72. The van der Waals surface area contributed by atoms with Gasteiger partial charge in [0, 0.05) is 22.8 Å². The molecule has 3 nitrogen and oxygen atoms in total. The Balaban J connectivity index is 2.04. The molecule has 0 atom stereocenters. The Morgan fingerprint density at radius 1 is 0.870 bits per heavy atom. The average molecular weight is 340 g/mol. The van der Waals surface area contributed by atoms with Crippen LogP contribution in [0.15, 0.2) is 67.0 Å². The van der Waals surface area contributed by atoms with E-state index >= 15 is 0 Å². The van der Waals surface area contributed by atoms with Gasteiger partial charge in [-0.15, -0.1) is 0 Å². The van der Waals surface area contributed by atoms with Gasteiger partial charge in [0.25, 0.3) is 0 Å². The van der Waals surface area contributed by atoms with Gasteiger partial charge >= 0.3 is 0 Å². The molecule has 2 aromatic carbocycles. The van der Waals surface area contributed by atoms with E-state index in [2.05, 4.69) is 38.8 Å². The molecule has 4 aromatic rings. The second-order valence-corrected chi connectivity index (χ2v) is 5.85. The topological polar surface area (TPSA) is 30.7 Å². The molecule has 5 heteroatoms. The Hall–Kier alpha value is -2.36. The van der Waals surface area contributed by atoms with Crippen molar-refractivity contribution in [2.75, 3.05) is 0 Å². The maximum absolute atomic E-state index is 6.29. The third kappa shape index (κ3) is 2.48. The molecular formula is C18H11Cl2N3. The molecule has 0 spiro atoms. The van der Waals surface area contributed by atoms with E-state index in [1.165, 1.54) is 6.20 Å². The van der Waals surface area contributed by atoms with Crippen molar-refractivity contribution in [1.29, 1.82) is 0 Å². The van der Waals surface area contributed by atoms with E-state index in [0.717, 1.165) is 22.2 Å². The maximum atomic E-state index is 6.29. The normalized spacial score (nSPS) is 11.0. The summed E-state index contributed by atoms with van der Waals surface area (Å²) in [6.45, 7) is 0. The Labute approximate surface area is 143 Å². The van der Waals surface area contributed by atoms with Crippen molar-refractivity contribution in [3.05, 3.63) is 77.3 Å². The van der Waals surface area contributed by atoms with Crippen LogP contribution < -0.4 is 0 Å². The predicted octanol–water partition coefficient (Wildman–Crippen LogP) is 5.39. The SMILES string of the molecule is Clc1ncc(Cl)c(-c2cn(-c3ccccc3)c3ccccc23)n1. The lowest BCUT2D eigenvalue weighted by Crippen LogP contribution is -1.91. The van der Waals surface area contributed by atoms with Crippen LogP contribution in [0.25, 0.3) is 27.8 Å². The zero-order valence-corrected chi connectivity index (χ0v) is 13.5. The molecule has 0 radical (unpaired) electrons. The molecule has 0 unspecified atom stereocenters. The molecule has 2 aromatic heterocycles. The molecular weight excluding hydrogens is 329 g/mol. The van der Waals surface area contributed by atoms with Crippen molar-refractivity contribution in [1.82, 2.24) is 14.5 Å². The van der Waals surface area contributed by atoms with Gasteiger partial charge < -0.3 is 4.57 Å². The number of fused-ring (bicyclic) bond motifs is 1. The lowest BCUT2D eigenvalue weighted by atomic mass is 10.1. The Morgan fingerprint density at radius 2 is 1.61 bits per heavy atom. The smallest absolute Gasteiger partial charge is 0.222 e. The minimum atomic E-state index is 0.181. The first-order chi connectivity index (χ1) is 11.2. The van der Waals surface area contributed by atoms with E-state index < -0.39 is 0 Å². The monoisotopic (exact) mass is 339 g/mol. The van der Waals surface area contributed by atoms with Crippen molar-refractivity contribution < 1.29 is 0 Å². The third-order valence-corrected chi connectivity index (χ3v) is 4.17. The van der Waals surface area contributed by atoms with Crippen molar-refractivity contribution in [2.45, 2.75) is 0 Å². The van der Waals surface area contributed by atoms with Crippen LogP contribution in [0.4, 0.5) is 0 Å². The minimum absolute atomic E-state index is 0.181. The van der Waals surface area contributed by atoms with Crippen LogP contribution in [0.5, 0.6) is 0 Å². The summed E-state index contributed by atoms with van der Waals surface area (Å²) >= 11 is 12.2. The molecule has 2 heterocycles. The number of halogens is 2. The van der Waals surface area contributed by atoms with Gasteiger partial charge in [-0.1, -0.05) is 48.0 Å². The van der Waals surface area contributed by atoms with Gasteiger partial charge in [-0.2, -0.15) is 0 Å². The first kappa shape index (κ1) is 14.2. The van der Waals surface area contributed by atoms with Crippen molar-refractivity contribution in [3.8, 4) is 16.9 Å². The molecule has 23 heavy (non-hydrogen) atoms. The van der Waals surface area contributed by atoms with Gasteiger partial charge in [0.1, 0.15) is 0 Å². The summed E-state index contributed by atoms with van der Waals surface area (Å²) in [4.78, 5) is 8.23. The second kappa shape index (κ2) is 5.69. The number of hydrogen-bond acceptors (Lipinski definition) is 2. The Bertz CT molecular complexity index is 994. The Morgan fingerprint density at radius 3 is 2.43 bits per heavy atom. The summed E-state index contributed by atoms with van der Waals surface area (Å²) in [6.07, 6.45) is 3.56. The maximum Gasteiger partial charge on any atom is 0.222 e. The number of para-hydroxylation sites is 2. The molecule has 4 rings (SSSR count). The molecule has 0 saturated carbocycles. The highest BCUT2D eigenvalue weighted by atomic mass is 35.5. The summed E-state index contributed by atoms with van der Waals surface area (Å²) < 4.78 is 2.12. The van der Waals surface area contributed by atoms with Crippen LogP contribution in [-0.2, 0) is 0 Å². The molecule has 0 bridgehead atoms. The minimum Gasteiger partial charge on any atom is -0.316 e. The van der Waals surface area contributed by atoms with Crippen molar-refractivity contribution in [2.24, 2.45) is 0 Å². The van der Waals surface area contributed by atoms with E-state index in [0.29, 0.717) is 10.7 Å². The van der Waals surface area contributed by atoms with Gasteiger partial charge in [-0.3, -0.25) is 0 Å². The first-order valence-electron chi connectivity index (χ1n) is 7.08. The standard InChI is InChI=1S/C18H11Cl2N3/c19-15-10-21-18(20)22-17(15)14-11-23(12-6-2-1-3-7-12)16-9-5-4-8-13(14)16/h1-11H. The molecule has 0 aliphatic carbocycles. The molecule has 0 saturated heterocycles. The van der Waals surface area contributed by atoms with Crippen LogP contribution in [0.3, 0.4) is 0 Å². The second-order valence-electron chi connectivity index (χ2n) is 5.10. The van der Waals surface area contributed by atoms with Crippen molar-refractivity contribution >= 4 is 34.1 Å². The zero-order valence-electron chi connectivity index (χ0n) is 11.9. The third-order valence-electron chi connectivity index (χ3n) is 3.72. The largest absolute Gasteiger partial charge is 0.316 e. The van der Waals surface area contributed by atoms with Gasteiger partial charge in [0.15, 0.2) is 0 Å². The highest BCUT2D eigenvalue weighted by Gasteiger charge is 2.15. The van der Waals surface area contributed by atoms with Gasteiger partial charge in [0.05, 0.1) is 22.4 Å². The summed E-state index contributed by atoms with van der Waals surface area (Å²) in [6, 6.07) is 18.3. The quantitative estimate of drug-likeness (QED) is 0.458. The lowest BCUT2D eigenvalue weighted by Gasteiger charge is -2.04. The van der Waals surface area contributed by atoms with Crippen LogP contribution in [-0.4, -0.2) is 14.5 Å². The molecule has 0 fully saturated rings. The van der Waals surface area contributed by atoms with Crippen LogP contribution in [0, 0.1) is 0 Å². The highest BCUT2D eigenvalue weighted by Crippen LogP contribution is 2.35. The summed E-state index contributed by atoms with van der Waals surface area (Å²) in [5, 5.41) is 1.72. The van der Waals surface area contributed by atoms with Gasteiger partial charge in [-0.05, 0) is 29.8 Å². The number of nitrogens with zero attached hydrogens (tertiary/aromatic N) is 3. The average Bonchev–Trinajstić information content (AvgIpc) is 2.97. The predicted molar refractivity (Wildman–Crippen MR) is 94.3 cm³/mol. The summed E-state index contributed by atoms with van der Waals surface area (Å²) in [5.74, 6) is 0. The number of rotatable bonds is 2. The molecule has 112 valence electrons. The highest BCUT2D eigenvalue weighted by molar-refractivity contribution is 6.34. The van der Waals surface area contributed by atoms with Crippen LogP contribution >= 0.6 is 23.2 Å². The number of aromatic nitrogens is 3. The first-order valence-corrected chi connectivity index (χ1v) is 7.83.